The van der Waals surface area contributed by atoms with E-state index in [1.54, 1.807) is 5.56 Å². The van der Waals surface area contributed by atoms with Crippen molar-refractivity contribution in [1.82, 2.24) is 4.90 Å². The molecule has 0 aromatic heterocycles. The lowest BCUT2D eigenvalue weighted by molar-refractivity contribution is 0.0288. The first-order valence-corrected chi connectivity index (χ1v) is 8.59. The highest BCUT2D eigenvalue weighted by molar-refractivity contribution is 5.64. The Morgan fingerprint density at radius 2 is 1.90 bits per heavy atom. The minimum Gasteiger partial charge on any atom is -0.367 e. The molecule has 0 saturated heterocycles. The van der Waals surface area contributed by atoms with Crippen LogP contribution in [0.25, 0.3) is 6.08 Å². The van der Waals surface area contributed by atoms with E-state index in [1.807, 2.05) is 0 Å². The van der Waals surface area contributed by atoms with E-state index in [1.165, 1.54) is 50.6 Å². The standard InChI is InChI=1S/C20H23N/c1-2-6-18-17(5-1)9-12-19-10-3-4-11-20(18,19)21(14-13-19)15-16-7-8-16/h1-2,5-6,9,12-14,16H,3-4,7-8,10-11,15H2. The lowest BCUT2D eigenvalue weighted by Crippen LogP contribution is -2.54. The summed E-state index contributed by atoms with van der Waals surface area (Å²) in [6.45, 7) is 1.26. The van der Waals surface area contributed by atoms with Gasteiger partial charge in [0.05, 0.1) is 5.54 Å². The topological polar surface area (TPSA) is 3.24 Å². The summed E-state index contributed by atoms with van der Waals surface area (Å²) in [4.78, 5) is 2.73. The predicted molar refractivity (Wildman–Crippen MR) is 86.6 cm³/mol. The Labute approximate surface area is 127 Å². The molecular weight excluding hydrogens is 254 g/mol. The van der Waals surface area contributed by atoms with Gasteiger partial charge in [0.1, 0.15) is 0 Å². The quantitative estimate of drug-likeness (QED) is 0.757. The van der Waals surface area contributed by atoms with Gasteiger partial charge >= 0.3 is 0 Å². The minimum absolute atomic E-state index is 0.221. The fourth-order valence-corrected chi connectivity index (χ4v) is 5.09. The summed E-state index contributed by atoms with van der Waals surface area (Å²) in [5, 5.41) is 0. The normalized spacial score (nSPS) is 36.3. The minimum atomic E-state index is 0.221. The molecule has 1 heterocycles. The average molecular weight is 277 g/mol. The van der Waals surface area contributed by atoms with Gasteiger partial charge in [-0.1, -0.05) is 55.3 Å². The number of fused-ring (bicyclic) bond motifs is 1. The molecule has 2 saturated carbocycles. The molecule has 0 spiro atoms. The third kappa shape index (κ3) is 1.47. The number of hydrogen-bond donors (Lipinski definition) is 0. The van der Waals surface area contributed by atoms with Crippen molar-refractivity contribution in [2.45, 2.75) is 44.1 Å². The second-order valence-corrected chi connectivity index (χ2v) is 7.44. The largest absolute Gasteiger partial charge is 0.367 e. The lowest BCUT2D eigenvalue weighted by atomic mass is 9.56. The highest BCUT2D eigenvalue weighted by Gasteiger charge is 2.58. The zero-order chi connectivity index (χ0) is 13.9. The van der Waals surface area contributed by atoms with E-state index in [0.717, 1.165) is 5.92 Å². The Balaban J connectivity index is 1.70. The molecule has 2 atom stereocenters. The Bertz CT molecular complexity index is 639. The van der Waals surface area contributed by atoms with Crippen LogP contribution in [-0.4, -0.2) is 11.4 Å². The Morgan fingerprint density at radius 1 is 1.05 bits per heavy atom. The molecule has 4 aliphatic rings. The van der Waals surface area contributed by atoms with E-state index < -0.39 is 0 Å². The fraction of sp³-hybridized carbons (Fsp3) is 0.500. The fourth-order valence-electron chi connectivity index (χ4n) is 5.09. The number of hydrogen-bond acceptors (Lipinski definition) is 1. The summed E-state index contributed by atoms with van der Waals surface area (Å²) < 4.78 is 0. The average Bonchev–Trinajstić information content (AvgIpc) is 3.29. The maximum Gasteiger partial charge on any atom is 0.0779 e. The van der Waals surface area contributed by atoms with E-state index in [-0.39, 0.29) is 11.0 Å². The molecule has 2 unspecified atom stereocenters. The first kappa shape index (κ1) is 12.1. The second-order valence-electron chi connectivity index (χ2n) is 7.44. The second kappa shape index (κ2) is 4.03. The van der Waals surface area contributed by atoms with Crippen molar-refractivity contribution in [2.75, 3.05) is 6.54 Å². The lowest BCUT2D eigenvalue weighted by Gasteiger charge is -2.55. The molecule has 0 N–H and O–H groups in total. The van der Waals surface area contributed by atoms with Gasteiger partial charge in [0.2, 0.25) is 0 Å². The zero-order valence-electron chi connectivity index (χ0n) is 12.6. The van der Waals surface area contributed by atoms with Crippen molar-refractivity contribution in [3.8, 4) is 0 Å². The molecule has 1 nitrogen and oxygen atoms in total. The molecule has 0 radical (unpaired) electrons. The van der Waals surface area contributed by atoms with Crippen molar-refractivity contribution in [2.24, 2.45) is 11.3 Å². The Hall–Kier alpha value is -1.50. The van der Waals surface area contributed by atoms with Crippen LogP contribution >= 0.6 is 0 Å². The van der Waals surface area contributed by atoms with Crippen molar-refractivity contribution >= 4 is 6.08 Å². The van der Waals surface area contributed by atoms with Gasteiger partial charge in [-0.25, -0.2) is 0 Å². The first-order valence-electron chi connectivity index (χ1n) is 8.59. The Kier molecular flexibility index (Phi) is 2.32. The van der Waals surface area contributed by atoms with Gasteiger partial charge in [0, 0.05) is 12.0 Å². The molecule has 21 heavy (non-hydrogen) atoms. The van der Waals surface area contributed by atoms with Gasteiger partial charge < -0.3 is 4.90 Å². The number of rotatable bonds is 2. The van der Waals surface area contributed by atoms with E-state index in [2.05, 4.69) is 53.6 Å². The zero-order valence-corrected chi connectivity index (χ0v) is 12.6. The van der Waals surface area contributed by atoms with Gasteiger partial charge in [0.25, 0.3) is 0 Å². The molecule has 0 amide bonds. The Morgan fingerprint density at radius 3 is 2.81 bits per heavy atom. The van der Waals surface area contributed by atoms with Gasteiger partial charge in [-0.2, -0.15) is 0 Å². The van der Waals surface area contributed by atoms with Crippen molar-refractivity contribution in [1.29, 1.82) is 0 Å². The van der Waals surface area contributed by atoms with Crippen LogP contribution in [0.4, 0.5) is 0 Å². The predicted octanol–water partition coefficient (Wildman–Crippen LogP) is 4.71. The van der Waals surface area contributed by atoms with E-state index in [9.17, 15) is 0 Å². The maximum absolute atomic E-state index is 2.73. The molecule has 5 rings (SSSR count). The van der Waals surface area contributed by atoms with Gasteiger partial charge in [-0.05, 0) is 48.9 Å². The highest BCUT2D eigenvalue weighted by atomic mass is 15.2. The van der Waals surface area contributed by atoms with Crippen LogP contribution in [-0.2, 0) is 5.54 Å². The van der Waals surface area contributed by atoms with Crippen LogP contribution in [0.3, 0.4) is 0 Å². The van der Waals surface area contributed by atoms with Crippen LogP contribution in [0, 0.1) is 11.3 Å². The van der Waals surface area contributed by atoms with E-state index in [4.69, 9.17) is 0 Å². The molecule has 3 aliphatic carbocycles. The van der Waals surface area contributed by atoms with E-state index >= 15 is 0 Å². The summed E-state index contributed by atoms with van der Waals surface area (Å²) in [5.74, 6) is 0.944. The summed E-state index contributed by atoms with van der Waals surface area (Å²) in [6.07, 6.45) is 18.1. The SMILES string of the molecule is C1=CC23C=CN(CC4CC4)C2(CCCC3)c2ccccc21. The van der Waals surface area contributed by atoms with Crippen LogP contribution in [0.2, 0.25) is 0 Å². The van der Waals surface area contributed by atoms with E-state index in [0.29, 0.717) is 0 Å². The molecule has 1 heteroatoms. The summed E-state index contributed by atoms with van der Waals surface area (Å²) in [7, 11) is 0. The maximum atomic E-state index is 2.73. The first-order chi connectivity index (χ1) is 10.3. The third-order valence-corrected chi connectivity index (χ3v) is 6.31. The number of benzene rings is 1. The molecule has 2 fully saturated rings. The molecular formula is C20H23N. The monoisotopic (exact) mass is 277 g/mol. The molecule has 1 aromatic rings. The highest BCUT2D eigenvalue weighted by Crippen LogP contribution is 2.62. The van der Waals surface area contributed by atoms with Crippen LogP contribution < -0.4 is 0 Å². The molecule has 0 bridgehead atoms. The summed E-state index contributed by atoms with van der Waals surface area (Å²) >= 11 is 0. The van der Waals surface area contributed by atoms with Crippen LogP contribution in [0.1, 0.15) is 49.7 Å². The molecule has 108 valence electrons. The van der Waals surface area contributed by atoms with Crippen molar-refractivity contribution in [3.05, 3.63) is 53.7 Å². The van der Waals surface area contributed by atoms with Gasteiger partial charge in [-0.3, -0.25) is 0 Å². The summed E-state index contributed by atoms with van der Waals surface area (Å²) in [5.41, 5.74) is 3.51. The molecule has 1 aliphatic heterocycles. The van der Waals surface area contributed by atoms with Gasteiger partial charge in [-0.15, -0.1) is 0 Å². The number of nitrogens with zero attached hydrogens (tertiary/aromatic N) is 1. The summed E-state index contributed by atoms with van der Waals surface area (Å²) in [6, 6.07) is 9.11. The van der Waals surface area contributed by atoms with Crippen molar-refractivity contribution in [3.63, 3.8) is 0 Å². The van der Waals surface area contributed by atoms with Crippen LogP contribution in [0.5, 0.6) is 0 Å². The van der Waals surface area contributed by atoms with Crippen molar-refractivity contribution < 1.29 is 0 Å². The molecule has 1 aromatic carbocycles. The third-order valence-electron chi connectivity index (χ3n) is 6.31. The smallest absolute Gasteiger partial charge is 0.0779 e. The van der Waals surface area contributed by atoms with Crippen LogP contribution in [0.15, 0.2) is 42.6 Å². The van der Waals surface area contributed by atoms with Gasteiger partial charge in [0.15, 0.2) is 0 Å².